The number of nitrogens with one attached hydrogen (secondary N) is 1. The van der Waals surface area contributed by atoms with Crippen molar-refractivity contribution in [1.82, 2.24) is 5.32 Å². The number of thiophene rings is 2. The highest BCUT2D eigenvalue weighted by molar-refractivity contribution is 9.10. The maximum atomic E-state index is 3.64. The summed E-state index contributed by atoms with van der Waals surface area (Å²) in [6.07, 6.45) is 0. The lowest BCUT2D eigenvalue weighted by molar-refractivity contribution is 0.707. The van der Waals surface area contributed by atoms with Crippen molar-refractivity contribution in [3.05, 3.63) is 55.5 Å². The van der Waals surface area contributed by atoms with E-state index in [1.165, 1.54) is 30.6 Å². The summed E-state index contributed by atoms with van der Waals surface area (Å²) in [7, 11) is 2.03. The molecule has 0 aliphatic rings. The van der Waals surface area contributed by atoms with Crippen molar-refractivity contribution < 1.29 is 0 Å². The van der Waals surface area contributed by atoms with Crippen molar-refractivity contribution >= 4 is 48.7 Å². The van der Waals surface area contributed by atoms with Gasteiger partial charge in [0.25, 0.3) is 0 Å². The van der Waals surface area contributed by atoms with Gasteiger partial charge in [0, 0.05) is 14.0 Å². The molecule has 0 aliphatic carbocycles. The molecule has 0 aliphatic heterocycles. The molecular weight excluding hydrogens is 338 g/mol. The number of halogens is 1. The number of fused-ring (bicyclic) bond motifs is 1. The Morgan fingerprint density at radius 3 is 2.74 bits per heavy atom. The van der Waals surface area contributed by atoms with E-state index < -0.39 is 0 Å². The fourth-order valence-electron chi connectivity index (χ4n) is 2.37. The van der Waals surface area contributed by atoms with E-state index in [9.17, 15) is 0 Å². The molecule has 2 aromatic heterocycles. The molecule has 0 saturated carbocycles. The summed E-state index contributed by atoms with van der Waals surface area (Å²) < 4.78 is 2.51. The average molecular weight is 352 g/mol. The van der Waals surface area contributed by atoms with Gasteiger partial charge in [0.2, 0.25) is 0 Å². The molecule has 0 saturated heterocycles. The largest absolute Gasteiger partial charge is 0.309 e. The van der Waals surface area contributed by atoms with E-state index in [-0.39, 0.29) is 6.04 Å². The van der Waals surface area contributed by atoms with E-state index in [2.05, 4.69) is 63.2 Å². The van der Waals surface area contributed by atoms with Crippen LogP contribution in [0.4, 0.5) is 0 Å². The van der Waals surface area contributed by atoms with E-state index in [1.807, 2.05) is 18.4 Å². The van der Waals surface area contributed by atoms with Crippen LogP contribution in [-0.2, 0) is 0 Å². The number of rotatable bonds is 3. The highest BCUT2D eigenvalue weighted by Crippen LogP contribution is 2.39. The zero-order valence-electron chi connectivity index (χ0n) is 10.7. The average Bonchev–Trinajstić information content (AvgIpc) is 3.00. The Labute approximate surface area is 129 Å². The first-order chi connectivity index (χ1) is 9.22. The highest BCUT2D eigenvalue weighted by atomic mass is 79.9. The summed E-state index contributed by atoms with van der Waals surface area (Å²) in [6.45, 7) is 2.18. The standard InChI is InChI=1S/C15H14BrNS2/c1-9-6-7-18-14(9)13(17-2)11-8-19-15-10(11)4-3-5-12(15)16/h3-8,13,17H,1-2H3. The first-order valence-electron chi connectivity index (χ1n) is 6.09. The van der Waals surface area contributed by atoms with Crippen molar-refractivity contribution in [3.8, 4) is 0 Å². The minimum atomic E-state index is 0.281. The van der Waals surface area contributed by atoms with Crippen LogP contribution in [0.1, 0.15) is 22.0 Å². The molecule has 0 bridgehead atoms. The van der Waals surface area contributed by atoms with Gasteiger partial charge in [0.05, 0.1) is 6.04 Å². The normalized spacial score (nSPS) is 13.0. The van der Waals surface area contributed by atoms with E-state index in [0.29, 0.717) is 0 Å². The quantitative estimate of drug-likeness (QED) is 0.671. The summed E-state index contributed by atoms with van der Waals surface area (Å²) in [5.74, 6) is 0. The molecule has 3 rings (SSSR count). The second-order valence-corrected chi connectivity index (χ2v) is 7.18. The zero-order chi connectivity index (χ0) is 13.4. The molecule has 3 aromatic rings. The molecule has 19 heavy (non-hydrogen) atoms. The van der Waals surface area contributed by atoms with Crippen LogP contribution in [0.2, 0.25) is 0 Å². The molecular formula is C15H14BrNS2. The molecule has 1 N–H and O–H groups in total. The molecule has 1 atom stereocenters. The minimum Gasteiger partial charge on any atom is -0.309 e. The summed E-state index contributed by atoms with van der Waals surface area (Å²) in [5, 5.41) is 9.24. The Hall–Kier alpha value is -0.680. The second-order valence-electron chi connectivity index (χ2n) is 4.50. The Morgan fingerprint density at radius 1 is 1.21 bits per heavy atom. The Kier molecular flexibility index (Phi) is 3.76. The summed E-state index contributed by atoms with van der Waals surface area (Å²) in [6, 6.07) is 8.89. The van der Waals surface area contributed by atoms with Gasteiger partial charge in [-0.2, -0.15) is 0 Å². The fraction of sp³-hybridized carbons (Fsp3) is 0.200. The van der Waals surface area contributed by atoms with Crippen LogP contribution in [0.25, 0.3) is 10.1 Å². The van der Waals surface area contributed by atoms with Crippen LogP contribution in [-0.4, -0.2) is 7.05 Å². The molecule has 1 unspecified atom stereocenters. The van der Waals surface area contributed by atoms with E-state index in [4.69, 9.17) is 0 Å². The van der Waals surface area contributed by atoms with E-state index in [1.54, 1.807) is 11.3 Å². The summed E-state index contributed by atoms with van der Waals surface area (Å²) in [4.78, 5) is 1.40. The summed E-state index contributed by atoms with van der Waals surface area (Å²) >= 11 is 7.27. The summed E-state index contributed by atoms with van der Waals surface area (Å²) in [5.41, 5.74) is 2.73. The van der Waals surface area contributed by atoms with Gasteiger partial charge in [-0.25, -0.2) is 0 Å². The van der Waals surface area contributed by atoms with Crippen molar-refractivity contribution in [3.63, 3.8) is 0 Å². The van der Waals surface area contributed by atoms with Crippen LogP contribution in [0.5, 0.6) is 0 Å². The third-order valence-electron chi connectivity index (χ3n) is 3.35. The van der Waals surface area contributed by atoms with Crippen LogP contribution in [0, 0.1) is 6.92 Å². The van der Waals surface area contributed by atoms with Crippen LogP contribution in [0.15, 0.2) is 39.5 Å². The zero-order valence-corrected chi connectivity index (χ0v) is 14.0. The number of hydrogen-bond acceptors (Lipinski definition) is 3. The van der Waals surface area contributed by atoms with Gasteiger partial charge in [-0.05, 0) is 69.3 Å². The number of hydrogen-bond donors (Lipinski definition) is 1. The van der Waals surface area contributed by atoms with Gasteiger partial charge in [-0.3, -0.25) is 0 Å². The van der Waals surface area contributed by atoms with Gasteiger partial charge in [-0.1, -0.05) is 12.1 Å². The van der Waals surface area contributed by atoms with Gasteiger partial charge >= 0.3 is 0 Å². The number of benzene rings is 1. The topological polar surface area (TPSA) is 12.0 Å². The van der Waals surface area contributed by atoms with Gasteiger partial charge in [0.1, 0.15) is 0 Å². The maximum absolute atomic E-state index is 3.64. The van der Waals surface area contributed by atoms with Crippen LogP contribution in [0.3, 0.4) is 0 Å². The molecule has 0 amide bonds. The predicted octanol–water partition coefficient (Wildman–Crippen LogP) is 5.34. The Balaban J connectivity index is 2.18. The molecule has 0 fully saturated rings. The monoisotopic (exact) mass is 351 g/mol. The number of aryl methyl sites for hydroxylation is 1. The van der Waals surface area contributed by atoms with Crippen molar-refractivity contribution in [1.29, 1.82) is 0 Å². The van der Waals surface area contributed by atoms with Gasteiger partial charge in [0.15, 0.2) is 0 Å². The van der Waals surface area contributed by atoms with Crippen LogP contribution >= 0.6 is 38.6 Å². The lowest BCUT2D eigenvalue weighted by atomic mass is 10.0. The smallest absolute Gasteiger partial charge is 0.0685 e. The van der Waals surface area contributed by atoms with E-state index in [0.717, 1.165) is 0 Å². The van der Waals surface area contributed by atoms with Crippen molar-refractivity contribution in [2.24, 2.45) is 0 Å². The third-order valence-corrected chi connectivity index (χ3v) is 6.40. The first kappa shape index (κ1) is 13.3. The predicted molar refractivity (Wildman–Crippen MR) is 89.5 cm³/mol. The SMILES string of the molecule is CNC(c1sccc1C)c1csc2c(Br)cccc12. The molecule has 4 heteroatoms. The van der Waals surface area contributed by atoms with Crippen molar-refractivity contribution in [2.75, 3.05) is 7.05 Å². The van der Waals surface area contributed by atoms with Gasteiger partial charge in [-0.15, -0.1) is 22.7 Å². The molecule has 0 spiro atoms. The molecule has 0 radical (unpaired) electrons. The minimum absolute atomic E-state index is 0.281. The molecule has 1 nitrogen and oxygen atoms in total. The molecule has 98 valence electrons. The lowest BCUT2D eigenvalue weighted by Crippen LogP contribution is -2.16. The fourth-order valence-corrected chi connectivity index (χ4v) is 5.07. The van der Waals surface area contributed by atoms with Gasteiger partial charge < -0.3 is 5.32 Å². The molecule has 2 heterocycles. The van der Waals surface area contributed by atoms with Crippen LogP contribution < -0.4 is 5.32 Å². The second kappa shape index (κ2) is 5.37. The first-order valence-corrected chi connectivity index (χ1v) is 8.64. The Bertz CT molecular complexity index is 714. The molecule has 1 aromatic carbocycles. The lowest BCUT2D eigenvalue weighted by Gasteiger charge is -2.15. The Morgan fingerprint density at radius 2 is 2.05 bits per heavy atom. The van der Waals surface area contributed by atoms with E-state index >= 15 is 0 Å². The van der Waals surface area contributed by atoms with Crippen molar-refractivity contribution in [2.45, 2.75) is 13.0 Å². The highest BCUT2D eigenvalue weighted by Gasteiger charge is 2.19. The maximum Gasteiger partial charge on any atom is 0.0685 e. The third kappa shape index (κ3) is 2.27.